The van der Waals surface area contributed by atoms with Crippen molar-refractivity contribution in [3.63, 3.8) is 0 Å². The third-order valence-corrected chi connectivity index (χ3v) is 5.33. The van der Waals surface area contributed by atoms with Crippen LogP contribution in [0.5, 0.6) is 11.5 Å². The zero-order valence-corrected chi connectivity index (χ0v) is 17.7. The maximum Gasteiger partial charge on any atom is 0.204 e. The molecule has 2 atom stereocenters. The predicted molar refractivity (Wildman–Crippen MR) is 114 cm³/mol. The molecule has 0 bridgehead atoms. The van der Waals surface area contributed by atoms with Crippen molar-refractivity contribution in [1.29, 1.82) is 0 Å². The summed E-state index contributed by atoms with van der Waals surface area (Å²) in [6.07, 6.45) is 8.17. The van der Waals surface area contributed by atoms with Crippen molar-refractivity contribution in [1.82, 2.24) is 0 Å². The van der Waals surface area contributed by atoms with Gasteiger partial charge in [-0.05, 0) is 49.4 Å². The molecule has 0 saturated carbocycles. The molecule has 0 spiro atoms. The first-order chi connectivity index (χ1) is 14.6. The van der Waals surface area contributed by atoms with Gasteiger partial charge in [0, 0.05) is 5.92 Å². The van der Waals surface area contributed by atoms with Crippen molar-refractivity contribution >= 4 is 0 Å². The molecule has 162 valence electrons. The number of hydrogen-bond donors (Lipinski definition) is 0. The summed E-state index contributed by atoms with van der Waals surface area (Å²) in [7, 11) is 0. The summed E-state index contributed by atoms with van der Waals surface area (Å²) in [5, 5.41) is 0. The molecule has 30 heavy (non-hydrogen) atoms. The number of halogens is 2. The van der Waals surface area contributed by atoms with Gasteiger partial charge in [-0.3, -0.25) is 0 Å². The molecule has 3 nitrogen and oxygen atoms in total. The fourth-order valence-electron chi connectivity index (χ4n) is 3.51. The van der Waals surface area contributed by atoms with Crippen LogP contribution in [-0.4, -0.2) is 19.3 Å². The molecule has 0 aromatic heterocycles. The minimum atomic E-state index is -1.02. The molecule has 1 heterocycles. The van der Waals surface area contributed by atoms with E-state index in [2.05, 4.69) is 18.2 Å². The predicted octanol–water partition coefficient (Wildman–Crippen LogP) is 6.56. The summed E-state index contributed by atoms with van der Waals surface area (Å²) in [5.41, 5.74) is 2.12. The summed E-state index contributed by atoms with van der Waals surface area (Å²) >= 11 is 0. The Kier molecular flexibility index (Phi) is 8.26. The van der Waals surface area contributed by atoms with E-state index in [0.29, 0.717) is 19.1 Å². The lowest BCUT2D eigenvalue weighted by atomic mass is 9.91. The van der Waals surface area contributed by atoms with Gasteiger partial charge in [-0.1, -0.05) is 49.8 Å². The van der Waals surface area contributed by atoms with Gasteiger partial charge in [0.25, 0.3) is 0 Å². The van der Waals surface area contributed by atoms with Gasteiger partial charge in [-0.25, -0.2) is 0 Å². The zero-order valence-electron chi connectivity index (χ0n) is 17.7. The molecule has 0 N–H and O–H groups in total. The summed E-state index contributed by atoms with van der Waals surface area (Å²) in [6, 6.07) is 10.9. The lowest BCUT2D eigenvalue weighted by Gasteiger charge is -2.27. The number of benzene rings is 2. The van der Waals surface area contributed by atoms with E-state index in [4.69, 9.17) is 14.2 Å². The Labute approximate surface area is 177 Å². The van der Waals surface area contributed by atoms with Crippen LogP contribution in [0.15, 0.2) is 48.6 Å². The monoisotopic (exact) mass is 416 g/mol. The van der Waals surface area contributed by atoms with Gasteiger partial charge >= 0.3 is 0 Å². The first-order valence-electron chi connectivity index (χ1n) is 10.7. The summed E-state index contributed by atoms with van der Waals surface area (Å²) in [6.45, 7) is 5.25. The maximum absolute atomic E-state index is 14.3. The van der Waals surface area contributed by atoms with Gasteiger partial charge in [0.15, 0.2) is 11.5 Å². The molecule has 1 aliphatic heterocycles. The standard InChI is InChI=1S/C25H30F2O3/c1-3-5-15-28-22-13-14-23(25(27)24(22)26)30-16-18-7-9-19(10-8-18)20-11-12-21(6-4-2)29-17-20/h4,6-10,13-14,20-21H,3,5,11-12,15-17H2,1-2H3/b6-4+. The lowest BCUT2D eigenvalue weighted by Crippen LogP contribution is -2.23. The molecule has 2 aromatic rings. The molecule has 2 unspecified atom stereocenters. The highest BCUT2D eigenvalue weighted by atomic mass is 19.2. The second kappa shape index (κ2) is 11.1. The molecule has 3 rings (SSSR count). The summed E-state index contributed by atoms with van der Waals surface area (Å²) in [4.78, 5) is 0. The average molecular weight is 417 g/mol. The molecular weight excluding hydrogens is 386 g/mol. The van der Waals surface area contributed by atoms with Crippen LogP contribution in [0, 0.1) is 11.6 Å². The van der Waals surface area contributed by atoms with E-state index in [0.717, 1.165) is 31.2 Å². The largest absolute Gasteiger partial charge is 0.490 e. The topological polar surface area (TPSA) is 27.7 Å². The van der Waals surface area contributed by atoms with E-state index in [1.165, 1.54) is 17.7 Å². The van der Waals surface area contributed by atoms with Gasteiger partial charge in [0.05, 0.1) is 19.3 Å². The van der Waals surface area contributed by atoms with Crippen molar-refractivity contribution in [3.8, 4) is 11.5 Å². The Hall–Kier alpha value is -2.40. The molecule has 1 saturated heterocycles. The van der Waals surface area contributed by atoms with E-state index in [-0.39, 0.29) is 24.2 Å². The van der Waals surface area contributed by atoms with Gasteiger partial charge in [-0.15, -0.1) is 0 Å². The molecule has 5 heteroatoms. The zero-order chi connectivity index (χ0) is 21.3. The first-order valence-corrected chi connectivity index (χ1v) is 10.7. The Morgan fingerprint density at radius 2 is 1.70 bits per heavy atom. The minimum Gasteiger partial charge on any atom is -0.490 e. The lowest BCUT2D eigenvalue weighted by molar-refractivity contribution is 0.0326. The van der Waals surface area contributed by atoms with Crippen LogP contribution >= 0.6 is 0 Å². The number of rotatable bonds is 9. The number of hydrogen-bond acceptors (Lipinski definition) is 3. The highest BCUT2D eigenvalue weighted by molar-refractivity contribution is 5.35. The van der Waals surface area contributed by atoms with Gasteiger partial charge in [-0.2, -0.15) is 8.78 Å². The van der Waals surface area contributed by atoms with Gasteiger partial charge in [0.1, 0.15) is 6.61 Å². The van der Waals surface area contributed by atoms with Crippen LogP contribution in [0.1, 0.15) is 56.6 Å². The van der Waals surface area contributed by atoms with Crippen LogP contribution in [0.4, 0.5) is 8.78 Å². The van der Waals surface area contributed by atoms with E-state index in [9.17, 15) is 8.78 Å². The normalized spacial score (nSPS) is 19.2. The smallest absolute Gasteiger partial charge is 0.204 e. The highest BCUT2D eigenvalue weighted by Gasteiger charge is 2.21. The molecule has 0 aliphatic carbocycles. The highest BCUT2D eigenvalue weighted by Crippen LogP contribution is 2.30. The third kappa shape index (κ3) is 5.82. The van der Waals surface area contributed by atoms with Crippen LogP contribution in [0.2, 0.25) is 0 Å². The van der Waals surface area contributed by atoms with Crippen LogP contribution < -0.4 is 9.47 Å². The molecular formula is C25H30F2O3. The molecule has 1 aliphatic rings. The van der Waals surface area contributed by atoms with Gasteiger partial charge < -0.3 is 14.2 Å². The van der Waals surface area contributed by atoms with Crippen LogP contribution in [-0.2, 0) is 11.3 Å². The first kappa shape index (κ1) is 22.3. The average Bonchev–Trinajstić information content (AvgIpc) is 2.77. The Bertz CT molecular complexity index is 825. The fourth-order valence-corrected chi connectivity index (χ4v) is 3.51. The SMILES string of the molecule is C/C=C/C1CCC(c2ccc(COc3ccc(OCCCC)c(F)c3F)cc2)CO1. The van der Waals surface area contributed by atoms with E-state index < -0.39 is 11.6 Å². The minimum absolute atomic E-state index is 0.0796. The molecule has 0 radical (unpaired) electrons. The van der Waals surface area contributed by atoms with E-state index in [1.54, 1.807) is 0 Å². The summed E-state index contributed by atoms with van der Waals surface area (Å²) < 4.78 is 45.1. The molecule has 1 fully saturated rings. The Morgan fingerprint density at radius 1 is 1.00 bits per heavy atom. The Balaban J connectivity index is 1.54. The number of allylic oxidation sites excluding steroid dienone is 1. The van der Waals surface area contributed by atoms with Crippen molar-refractivity contribution < 1.29 is 23.0 Å². The number of unbranched alkanes of at least 4 members (excludes halogenated alkanes) is 1. The molecule has 0 amide bonds. The van der Waals surface area contributed by atoms with Crippen LogP contribution in [0.25, 0.3) is 0 Å². The van der Waals surface area contributed by atoms with E-state index >= 15 is 0 Å². The van der Waals surface area contributed by atoms with Crippen molar-refractivity contribution in [2.24, 2.45) is 0 Å². The van der Waals surface area contributed by atoms with Crippen LogP contribution in [0.3, 0.4) is 0 Å². The second-order valence-electron chi connectivity index (χ2n) is 7.59. The number of ether oxygens (including phenoxy) is 3. The van der Waals surface area contributed by atoms with Crippen molar-refractivity contribution in [2.75, 3.05) is 13.2 Å². The van der Waals surface area contributed by atoms with Crippen molar-refractivity contribution in [3.05, 3.63) is 71.3 Å². The van der Waals surface area contributed by atoms with E-state index in [1.807, 2.05) is 32.1 Å². The summed E-state index contributed by atoms with van der Waals surface area (Å²) in [5.74, 6) is -1.84. The second-order valence-corrected chi connectivity index (χ2v) is 7.59. The van der Waals surface area contributed by atoms with Crippen molar-refractivity contribution in [2.45, 2.75) is 58.2 Å². The quantitative estimate of drug-likeness (QED) is 0.342. The fraction of sp³-hybridized carbons (Fsp3) is 0.440. The Morgan fingerprint density at radius 3 is 2.30 bits per heavy atom. The third-order valence-electron chi connectivity index (χ3n) is 5.33. The maximum atomic E-state index is 14.3. The molecule has 2 aromatic carbocycles. The van der Waals surface area contributed by atoms with Gasteiger partial charge in [0.2, 0.25) is 11.6 Å².